The number of fused-ring (bicyclic) bond motifs is 1. The van der Waals surface area contributed by atoms with E-state index in [0.717, 1.165) is 10.2 Å². The Morgan fingerprint density at radius 2 is 1.88 bits per heavy atom. The molecule has 2 aromatic rings. The summed E-state index contributed by atoms with van der Waals surface area (Å²) in [5.74, 6) is 0. The maximum Gasteiger partial charge on any atom is 0.189 e. The lowest BCUT2D eigenvalue weighted by molar-refractivity contribution is 0.571. The number of nitrogens with one attached hydrogen (secondary N) is 1. The molecule has 0 amide bonds. The van der Waals surface area contributed by atoms with Gasteiger partial charge in [0.15, 0.2) is 5.43 Å². The number of aromatic nitrogens is 1. The van der Waals surface area contributed by atoms with Crippen molar-refractivity contribution < 1.29 is 0 Å². The second-order valence-electron chi connectivity index (χ2n) is 5.11. The Morgan fingerprint density at radius 1 is 1.24 bits per heavy atom. The Hall–Kier alpha value is -0.800. The minimum Gasteiger partial charge on any atom is -0.357 e. The molecule has 0 bridgehead atoms. The fourth-order valence-electron chi connectivity index (χ4n) is 1.68. The van der Waals surface area contributed by atoms with Gasteiger partial charge in [0.2, 0.25) is 0 Å². The Bertz CT molecular complexity index is 640. The molecule has 4 heteroatoms. The second kappa shape index (κ2) is 4.14. The van der Waals surface area contributed by atoms with Crippen LogP contribution in [0.25, 0.3) is 10.9 Å². The van der Waals surface area contributed by atoms with E-state index in [1.807, 2.05) is 0 Å². The van der Waals surface area contributed by atoms with Crippen molar-refractivity contribution in [3.8, 4) is 0 Å². The normalized spacial score (nSPS) is 12.1. The van der Waals surface area contributed by atoms with Crippen LogP contribution >= 0.6 is 27.5 Å². The molecular formula is C13H13BrClNO. The van der Waals surface area contributed by atoms with Gasteiger partial charge in [-0.3, -0.25) is 4.79 Å². The first-order chi connectivity index (χ1) is 7.79. The van der Waals surface area contributed by atoms with Gasteiger partial charge >= 0.3 is 0 Å². The van der Waals surface area contributed by atoms with Crippen molar-refractivity contribution in [3.63, 3.8) is 0 Å². The van der Waals surface area contributed by atoms with Gasteiger partial charge in [0, 0.05) is 27.0 Å². The van der Waals surface area contributed by atoms with Gasteiger partial charge in [-0.05, 0) is 12.1 Å². The number of hydrogen-bond acceptors (Lipinski definition) is 1. The zero-order valence-electron chi connectivity index (χ0n) is 9.90. The van der Waals surface area contributed by atoms with Crippen LogP contribution in [0.2, 0.25) is 5.02 Å². The molecule has 0 spiro atoms. The highest BCUT2D eigenvalue weighted by Gasteiger charge is 2.17. The average molecular weight is 315 g/mol. The van der Waals surface area contributed by atoms with Crippen LogP contribution in [-0.4, -0.2) is 4.98 Å². The van der Waals surface area contributed by atoms with Crippen LogP contribution in [0.1, 0.15) is 26.5 Å². The lowest BCUT2D eigenvalue weighted by Crippen LogP contribution is -2.17. The highest BCUT2D eigenvalue weighted by Crippen LogP contribution is 2.27. The van der Waals surface area contributed by atoms with Gasteiger partial charge in [0.05, 0.1) is 10.5 Å². The number of aromatic amines is 1. The molecule has 0 fully saturated rings. The molecule has 0 aliphatic carbocycles. The van der Waals surface area contributed by atoms with Crippen LogP contribution in [0.3, 0.4) is 0 Å². The molecule has 90 valence electrons. The van der Waals surface area contributed by atoms with Crippen molar-refractivity contribution in [2.75, 3.05) is 0 Å². The smallest absolute Gasteiger partial charge is 0.189 e. The van der Waals surface area contributed by atoms with Crippen LogP contribution in [0.15, 0.2) is 27.5 Å². The molecule has 2 rings (SSSR count). The van der Waals surface area contributed by atoms with Crippen molar-refractivity contribution in [1.29, 1.82) is 0 Å². The van der Waals surface area contributed by atoms with Crippen LogP contribution < -0.4 is 5.43 Å². The van der Waals surface area contributed by atoms with Crippen LogP contribution in [0.4, 0.5) is 0 Å². The summed E-state index contributed by atoms with van der Waals surface area (Å²) in [6, 6.07) is 5.21. The Morgan fingerprint density at radius 3 is 2.47 bits per heavy atom. The largest absolute Gasteiger partial charge is 0.357 e. The summed E-state index contributed by atoms with van der Waals surface area (Å²) in [6.45, 7) is 6.16. The monoisotopic (exact) mass is 313 g/mol. The van der Waals surface area contributed by atoms with E-state index in [1.165, 1.54) is 0 Å². The molecule has 1 aromatic carbocycles. The van der Waals surface area contributed by atoms with Gasteiger partial charge in [0.25, 0.3) is 0 Å². The molecule has 0 saturated heterocycles. The van der Waals surface area contributed by atoms with Crippen molar-refractivity contribution >= 4 is 38.4 Å². The topological polar surface area (TPSA) is 32.9 Å². The minimum absolute atomic E-state index is 0.00752. The average Bonchev–Trinajstić information content (AvgIpc) is 2.17. The van der Waals surface area contributed by atoms with Gasteiger partial charge in [-0.1, -0.05) is 48.3 Å². The molecule has 0 atom stereocenters. The summed E-state index contributed by atoms with van der Waals surface area (Å²) in [6.07, 6.45) is 0. The molecule has 0 unspecified atom stereocenters. The lowest BCUT2D eigenvalue weighted by Gasteiger charge is -2.19. The highest BCUT2D eigenvalue weighted by atomic mass is 79.9. The van der Waals surface area contributed by atoms with Gasteiger partial charge in [-0.15, -0.1) is 0 Å². The van der Waals surface area contributed by atoms with Crippen molar-refractivity contribution in [1.82, 2.24) is 4.98 Å². The first-order valence-electron chi connectivity index (χ1n) is 5.31. The molecule has 0 aliphatic rings. The van der Waals surface area contributed by atoms with Crippen LogP contribution in [0.5, 0.6) is 0 Å². The zero-order chi connectivity index (χ0) is 12.8. The van der Waals surface area contributed by atoms with E-state index in [1.54, 1.807) is 18.2 Å². The third kappa shape index (κ3) is 2.40. The number of benzene rings is 1. The fourth-order valence-corrected chi connectivity index (χ4v) is 2.53. The predicted molar refractivity (Wildman–Crippen MR) is 76.0 cm³/mol. The molecule has 0 radical (unpaired) electrons. The number of H-pyrrole nitrogens is 1. The SMILES string of the molecule is CC(C)(C)c1cc(=O)c2cc(Br)cc(Cl)c2[nH]1. The van der Waals surface area contributed by atoms with Crippen LogP contribution in [0, 0.1) is 0 Å². The van der Waals surface area contributed by atoms with Crippen LogP contribution in [-0.2, 0) is 5.41 Å². The van der Waals surface area contributed by atoms with Gasteiger partial charge < -0.3 is 4.98 Å². The zero-order valence-corrected chi connectivity index (χ0v) is 12.2. The molecule has 0 saturated carbocycles. The van der Waals surface area contributed by atoms with Gasteiger partial charge in [-0.2, -0.15) is 0 Å². The molecule has 1 aromatic heterocycles. The quantitative estimate of drug-likeness (QED) is 0.775. The van der Waals surface area contributed by atoms with Crippen molar-refractivity contribution in [3.05, 3.63) is 43.6 Å². The summed E-state index contributed by atoms with van der Waals surface area (Å²) in [5.41, 5.74) is 1.47. The standard InChI is InChI=1S/C13H13BrClNO/c1-13(2,3)11-6-10(17)8-4-7(14)5-9(15)12(8)16-11/h4-6H,1-3H3,(H,16,17). The van der Waals surface area contributed by atoms with Gasteiger partial charge in [-0.25, -0.2) is 0 Å². The minimum atomic E-state index is -0.107. The fraction of sp³-hybridized carbons (Fsp3) is 0.308. The van der Waals surface area contributed by atoms with E-state index in [2.05, 4.69) is 41.7 Å². The van der Waals surface area contributed by atoms with E-state index in [4.69, 9.17) is 11.6 Å². The molecule has 1 N–H and O–H groups in total. The maximum absolute atomic E-state index is 12.1. The predicted octanol–water partition coefficient (Wildman–Crippen LogP) is 4.24. The molecular weight excluding hydrogens is 302 g/mol. The summed E-state index contributed by atoms with van der Waals surface area (Å²) >= 11 is 9.49. The Kier molecular flexibility index (Phi) is 3.08. The van der Waals surface area contributed by atoms with E-state index < -0.39 is 0 Å². The summed E-state index contributed by atoms with van der Waals surface area (Å²) in [7, 11) is 0. The van der Waals surface area contributed by atoms with Crippen molar-refractivity contribution in [2.45, 2.75) is 26.2 Å². The summed E-state index contributed by atoms with van der Waals surface area (Å²) in [4.78, 5) is 15.3. The number of hydrogen-bond donors (Lipinski definition) is 1. The maximum atomic E-state index is 12.1. The first kappa shape index (κ1) is 12.7. The summed E-state index contributed by atoms with van der Waals surface area (Å²) < 4.78 is 0.809. The number of rotatable bonds is 0. The molecule has 17 heavy (non-hydrogen) atoms. The van der Waals surface area contributed by atoms with E-state index in [9.17, 15) is 4.79 Å². The van der Waals surface area contributed by atoms with Gasteiger partial charge in [0.1, 0.15) is 0 Å². The number of pyridine rings is 1. The second-order valence-corrected chi connectivity index (χ2v) is 6.43. The van der Waals surface area contributed by atoms with E-state index >= 15 is 0 Å². The summed E-state index contributed by atoms with van der Waals surface area (Å²) in [5, 5.41) is 1.16. The lowest BCUT2D eigenvalue weighted by atomic mass is 9.91. The Labute approximate surface area is 113 Å². The molecule has 0 aliphatic heterocycles. The van der Waals surface area contributed by atoms with E-state index in [0.29, 0.717) is 15.9 Å². The third-order valence-electron chi connectivity index (χ3n) is 2.66. The third-order valence-corrected chi connectivity index (χ3v) is 3.42. The molecule has 2 nitrogen and oxygen atoms in total. The van der Waals surface area contributed by atoms with E-state index in [-0.39, 0.29) is 10.8 Å². The highest BCUT2D eigenvalue weighted by molar-refractivity contribution is 9.10. The van der Waals surface area contributed by atoms with Crippen molar-refractivity contribution in [2.24, 2.45) is 0 Å². The first-order valence-corrected chi connectivity index (χ1v) is 6.49. The number of halogens is 2. The Balaban J connectivity index is 2.88. The molecule has 1 heterocycles.